The summed E-state index contributed by atoms with van der Waals surface area (Å²) in [5, 5.41) is 5.78. The summed E-state index contributed by atoms with van der Waals surface area (Å²) in [7, 11) is 0. The van der Waals surface area contributed by atoms with Gasteiger partial charge in [-0.25, -0.2) is 9.97 Å². The average Bonchev–Trinajstić information content (AvgIpc) is 3.01. The maximum atomic E-state index is 12.4. The molecule has 0 unspecified atom stereocenters. The molecule has 132 valence electrons. The van der Waals surface area contributed by atoms with E-state index in [0.29, 0.717) is 26.2 Å². The minimum absolute atomic E-state index is 0.0498. The van der Waals surface area contributed by atoms with Crippen molar-refractivity contribution in [3.05, 3.63) is 35.0 Å². The van der Waals surface area contributed by atoms with E-state index < -0.39 is 0 Å². The van der Waals surface area contributed by atoms with Gasteiger partial charge in [0, 0.05) is 44.2 Å². The number of aryl methyl sites for hydroxylation is 1. The fraction of sp³-hybridized carbons (Fsp3) is 0.412. The van der Waals surface area contributed by atoms with Crippen molar-refractivity contribution in [2.45, 2.75) is 20.3 Å². The van der Waals surface area contributed by atoms with Crippen LogP contribution in [0.3, 0.4) is 0 Å². The number of carbonyl (C=O) groups is 2. The van der Waals surface area contributed by atoms with Crippen LogP contribution in [0.4, 0.5) is 10.9 Å². The molecule has 2 aromatic rings. The van der Waals surface area contributed by atoms with Gasteiger partial charge in [0.05, 0.1) is 12.1 Å². The molecule has 0 bridgehead atoms. The first-order chi connectivity index (χ1) is 12.0. The summed E-state index contributed by atoms with van der Waals surface area (Å²) in [6.07, 6.45) is 0.277. The summed E-state index contributed by atoms with van der Waals surface area (Å²) in [6, 6.07) is 5.75. The highest BCUT2D eigenvalue weighted by Crippen LogP contribution is 2.20. The first-order valence-corrected chi connectivity index (χ1v) is 9.07. The van der Waals surface area contributed by atoms with E-state index in [1.807, 2.05) is 30.5 Å². The Morgan fingerprint density at radius 3 is 2.56 bits per heavy atom. The third kappa shape index (κ3) is 4.54. The number of pyridine rings is 1. The van der Waals surface area contributed by atoms with Gasteiger partial charge in [-0.15, -0.1) is 11.3 Å². The van der Waals surface area contributed by atoms with Crippen LogP contribution in [0, 0.1) is 6.92 Å². The molecule has 3 rings (SSSR count). The van der Waals surface area contributed by atoms with Crippen molar-refractivity contribution >= 4 is 34.1 Å². The second-order valence-electron chi connectivity index (χ2n) is 6.00. The molecule has 25 heavy (non-hydrogen) atoms. The number of nitrogens with zero attached hydrogens (tertiary/aromatic N) is 4. The normalized spacial score (nSPS) is 14.5. The molecule has 2 aromatic heterocycles. The smallest absolute Gasteiger partial charge is 0.228 e. The van der Waals surface area contributed by atoms with E-state index in [1.165, 1.54) is 11.3 Å². The van der Waals surface area contributed by atoms with Crippen molar-refractivity contribution in [3.8, 4) is 0 Å². The van der Waals surface area contributed by atoms with Gasteiger partial charge >= 0.3 is 0 Å². The number of aromatic nitrogens is 2. The molecule has 8 heteroatoms. The van der Waals surface area contributed by atoms with Crippen molar-refractivity contribution in [2.24, 2.45) is 0 Å². The maximum absolute atomic E-state index is 12.4. The van der Waals surface area contributed by atoms with Crippen LogP contribution in [0.5, 0.6) is 0 Å². The van der Waals surface area contributed by atoms with Crippen LogP contribution < -0.4 is 5.32 Å². The molecule has 0 aromatic carbocycles. The van der Waals surface area contributed by atoms with E-state index in [1.54, 1.807) is 16.7 Å². The predicted molar refractivity (Wildman–Crippen MR) is 96.9 cm³/mol. The number of rotatable bonds is 4. The quantitative estimate of drug-likeness (QED) is 0.901. The summed E-state index contributed by atoms with van der Waals surface area (Å²) in [5.74, 6) is 0.855. The minimum atomic E-state index is 0.0498. The Hall–Kier alpha value is -2.48. The van der Waals surface area contributed by atoms with Crippen molar-refractivity contribution < 1.29 is 9.59 Å². The van der Waals surface area contributed by atoms with Gasteiger partial charge in [-0.1, -0.05) is 6.07 Å². The van der Waals surface area contributed by atoms with Crippen LogP contribution in [-0.4, -0.2) is 57.8 Å². The third-order valence-electron chi connectivity index (χ3n) is 4.09. The molecule has 1 fully saturated rings. The second-order valence-corrected chi connectivity index (χ2v) is 6.85. The van der Waals surface area contributed by atoms with Crippen LogP contribution in [0.25, 0.3) is 0 Å². The summed E-state index contributed by atoms with van der Waals surface area (Å²) in [5.41, 5.74) is 1.68. The lowest BCUT2D eigenvalue weighted by molar-refractivity contribution is -0.138. The molecule has 3 heterocycles. The zero-order valence-corrected chi connectivity index (χ0v) is 15.2. The standard InChI is InChI=1S/C17H21N5O2S/c1-12-4-3-5-15(18-12)20-17-19-14(11-25-17)10-16(24)22-8-6-21(7-9-22)13(2)23/h3-5,11H,6-10H2,1-2H3,(H,18,19,20). The molecule has 1 aliphatic heterocycles. The first kappa shape index (κ1) is 17.3. The molecule has 0 radical (unpaired) electrons. The van der Waals surface area contributed by atoms with Gasteiger partial charge in [0.25, 0.3) is 0 Å². The average molecular weight is 359 g/mol. The Labute approximate surface area is 150 Å². The summed E-state index contributed by atoms with van der Waals surface area (Å²) < 4.78 is 0. The molecule has 7 nitrogen and oxygen atoms in total. The lowest BCUT2D eigenvalue weighted by Gasteiger charge is -2.34. The van der Waals surface area contributed by atoms with Crippen LogP contribution in [0.1, 0.15) is 18.3 Å². The van der Waals surface area contributed by atoms with Crippen LogP contribution >= 0.6 is 11.3 Å². The lowest BCUT2D eigenvalue weighted by atomic mass is 10.2. The number of nitrogens with one attached hydrogen (secondary N) is 1. The van der Waals surface area contributed by atoms with Gasteiger partial charge in [0.1, 0.15) is 5.82 Å². The van der Waals surface area contributed by atoms with Gasteiger partial charge in [0.15, 0.2) is 5.13 Å². The number of amides is 2. The van der Waals surface area contributed by atoms with Gasteiger partial charge in [-0.05, 0) is 19.1 Å². The molecule has 0 aliphatic carbocycles. The molecule has 0 spiro atoms. The Balaban J connectivity index is 1.54. The highest BCUT2D eigenvalue weighted by Gasteiger charge is 2.22. The van der Waals surface area contributed by atoms with E-state index in [4.69, 9.17) is 0 Å². The molecule has 0 atom stereocenters. The number of anilines is 2. The fourth-order valence-electron chi connectivity index (χ4n) is 2.71. The highest BCUT2D eigenvalue weighted by atomic mass is 32.1. The Kier molecular flexibility index (Phi) is 5.28. The number of thiazole rings is 1. The van der Waals surface area contributed by atoms with E-state index in [9.17, 15) is 9.59 Å². The third-order valence-corrected chi connectivity index (χ3v) is 4.89. The Morgan fingerprint density at radius 2 is 1.88 bits per heavy atom. The minimum Gasteiger partial charge on any atom is -0.339 e. The van der Waals surface area contributed by atoms with Crippen molar-refractivity contribution in [3.63, 3.8) is 0 Å². The van der Waals surface area contributed by atoms with Crippen molar-refractivity contribution in [1.29, 1.82) is 0 Å². The highest BCUT2D eigenvalue weighted by molar-refractivity contribution is 7.13. The van der Waals surface area contributed by atoms with E-state index in [0.717, 1.165) is 22.3 Å². The predicted octanol–water partition coefficient (Wildman–Crippen LogP) is 1.82. The zero-order valence-electron chi connectivity index (χ0n) is 14.4. The fourth-order valence-corrected chi connectivity index (χ4v) is 3.42. The zero-order chi connectivity index (χ0) is 17.8. The number of piperazine rings is 1. The molecular weight excluding hydrogens is 338 g/mol. The summed E-state index contributed by atoms with van der Waals surface area (Å²) in [4.78, 5) is 36.2. The van der Waals surface area contributed by atoms with Crippen molar-refractivity contribution in [1.82, 2.24) is 19.8 Å². The van der Waals surface area contributed by atoms with Crippen LogP contribution in [-0.2, 0) is 16.0 Å². The number of hydrogen-bond acceptors (Lipinski definition) is 6. The lowest BCUT2D eigenvalue weighted by Crippen LogP contribution is -2.50. The molecule has 1 N–H and O–H groups in total. The van der Waals surface area contributed by atoms with Gasteiger partial charge < -0.3 is 15.1 Å². The van der Waals surface area contributed by atoms with Crippen LogP contribution in [0.15, 0.2) is 23.6 Å². The topological polar surface area (TPSA) is 78.4 Å². The maximum Gasteiger partial charge on any atom is 0.228 e. The molecule has 2 amide bonds. The van der Waals surface area contributed by atoms with Gasteiger partial charge in [-0.3, -0.25) is 9.59 Å². The molecule has 1 saturated heterocycles. The Bertz CT molecular complexity index is 768. The van der Waals surface area contributed by atoms with Crippen LogP contribution in [0.2, 0.25) is 0 Å². The van der Waals surface area contributed by atoms with Gasteiger partial charge in [0.2, 0.25) is 11.8 Å². The SMILES string of the molecule is CC(=O)N1CCN(C(=O)Cc2csc(Nc3cccc(C)n3)n2)CC1. The molecular formula is C17H21N5O2S. The van der Waals surface area contributed by atoms with E-state index >= 15 is 0 Å². The number of carbonyl (C=O) groups excluding carboxylic acids is 2. The summed E-state index contributed by atoms with van der Waals surface area (Å²) >= 11 is 1.46. The number of hydrogen-bond donors (Lipinski definition) is 1. The van der Waals surface area contributed by atoms with E-state index in [2.05, 4.69) is 15.3 Å². The molecule has 0 saturated carbocycles. The first-order valence-electron chi connectivity index (χ1n) is 8.19. The second kappa shape index (κ2) is 7.60. The largest absolute Gasteiger partial charge is 0.339 e. The Morgan fingerprint density at radius 1 is 1.16 bits per heavy atom. The summed E-state index contributed by atoms with van der Waals surface area (Å²) in [6.45, 7) is 5.86. The van der Waals surface area contributed by atoms with E-state index in [-0.39, 0.29) is 18.2 Å². The monoisotopic (exact) mass is 359 g/mol. The van der Waals surface area contributed by atoms with Crippen molar-refractivity contribution in [2.75, 3.05) is 31.5 Å². The van der Waals surface area contributed by atoms with Gasteiger partial charge in [-0.2, -0.15) is 0 Å². The molecule has 1 aliphatic rings.